The third kappa shape index (κ3) is 3.88. The van der Waals surface area contributed by atoms with Gasteiger partial charge in [0, 0.05) is 32.3 Å². The van der Waals surface area contributed by atoms with Crippen molar-refractivity contribution in [1.29, 1.82) is 0 Å². The SMILES string of the molecule is CS(=O)(=O)c1cc(CN2CC(F)(F)C[C@]3(CCCNC3=O)C2)ccc1F. The van der Waals surface area contributed by atoms with E-state index in [9.17, 15) is 26.4 Å². The van der Waals surface area contributed by atoms with E-state index < -0.39 is 44.9 Å². The van der Waals surface area contributed by atoms with Crippen LogP contribution in [0.1, 0.15) is 24.8 Å². The van der Waals surface area contributed by atoms with Crippen molar-refractivity contribution in [2.45, 2.75) is 36.6 Å². The molecule has 26 heavy (non-hydrogen) atoms. The molecule has 9 heteroatoms. The van der Waals surface area contributed by atoms with Gasteiger partial charge in [0.25, 0.3) is 5.92 Å². The number of benzene rings is 1. The number of piperidine rings is 2. The molecule has 2 saturated heterocycles. The van der Waals surface area contributed by atoms with Crippen molar-refractivity contribution >= 4 is 15.7 Å². The first-order chi connectivity index (χ1) is 12.0. The van der Waals surface area contributed by atoms with Crippen LogP contribution < -0.4 is 5.32 Å². The highest BCUT2D eigenvalue weighted by Crippen LogP contribution is 2.43. The fraction of sp³-hybridized carbons (Fsp3) is 0.588. The maximum Gasteiger partial charge on any atom is 0.261 e. The highest BCUT2D eigenvalue weighted by atomic mass is 32.2. The van der Waals surface area contributed by atoms with Gasteiger partial charge in [-0.2, -0.15) is 0 Å². The lowest BCUT2D eigenvalue weighted by atomic mass is 9.72. The molecule has 1 aromatic carbocycles. The normalized spacial score (nSPS) is 26.7. The minimum atomic E-state index is -3.76. The molecule has 0 aliphatic carbocycles. The van der Waals surface area contributed by atoms with Gasteiger partial charge in [0.05, 0.1) is 12.0 Å². The summed E-state index contributed by atoms with van der Waals surface area (Å²) in [6.45, 7) is 0.156. The summed E-state index contributed by atoms with van der Waals surface area (Å²) >= 11 is 0. The van der Waals surface area contributed by atoms with Crippen LogP contribution in [-0.4, -0.2) is 51.0 Å². The monoisotopic (exact) mass is 390 g/mol. The van der Waals surface area contributed by atoms with Crippen LogP contribution in [0.3, 0.4) is 0 Å². The van der Waals surface area contributed by atoms with E-state index in [1.165, 1.54) is 17.0 Å². The predicted molar refractivity (Wildman–Crippen MR) is 89.0 cm³/mol. The Balaban J connectivity index is 1.86. The molecule has 3 rings (SSSR count). The van der Waals surface area contributed by atoms with Crippen molar-refractivity contribution in [3.05, 3.63) is 29.6 Å². The Bertz CT molecular complexity index is 829. The highest BCUT2D eigenvalue weighted by Gasteiger charge is 2.53. The van der Waals surface area contributed by atoms with E-state index in [1.54, 1.807) is 0 Å². The molecule has 1 atom stereocenters. The molecule has 1 N–H and O–H groups in total. The summed E-state index contributed by atoms with van der Waals surface area (Å²) in [5.41, 5.74) is -0.726. The zero-order chi connectivity index (χ0) is 19.2. The maximum atomic E-state index is 14.3. The Kier molecular flexibility index (Phi) is 4.81. The Morgan fingerprint density at radius 1 is 1.27 bits per heavy atom. The molecule has 0 bridgehead atoms. The van der Waals surface area contributed by atoms with Crippen molar-refractivity contribution in [2.75, 3.05) is 25.9 Å². The molecule has 2 aliphatic heterocycles. The van der Waals surface area contributed by atoms with Gasteiger partial charge in [-0.05, 0) is 30.5 Å². The molecule has 0 saturated carbocycles. The van der Waals surface area contributed by atoms with Crippen LogP contribution >= 0.6 is 0 Å². The van der Waals surface area contributed by atoms with E-state index in [0.717, 1.165) is 12.3 Å². The number of nitrogens with one attached hydrogen (secondary N) is 1. The van der Waals surface area contributed by atoms with Gasteiger partial charge in [-0.25, -0.2) is 21.6 Å². The van der Waals surface area contributed by atoms with Gasteiger partial charge in [-0.3, -0.25) is 9.69 Å². The standard InChI is InChI=1S/C17H21F3N2O3S/c1-26(24,25)14-7-12(3-4-13(14)18)8-22-10-16(9-17(19,20)11-22)5-2-6-21-15(16)23/h3-4,7H,2,5-6,8-11H2,1H3,(H,21,23)/t16-/m1/s1. The summed E-state index contributed by atoms with van der Waals surface area (Å²) in [7, 11) is -3.76. The van der Waals surface area contributed by atoms with E-state index >= 15 is 0 Å². The third-order valence-corrected chi connectivity index (χ3v) is 6.09. The molecule has 0 unspecified atom stereocenters. The van der Waals surface area contributed by atoms with Crippen LogP contribution in [0.15, 0.2) is 23.1 Å². The van der Waals surface area contributed by atoms with Gasteiger partial charge in [-0.15, -0.1) is 0 Å². The van der Waals surface area contributed by atoms with Crippen LogP contribution in [0.2, 0.25) is 0 Å². The molecule has 2 aliphatic rings. The Morgan fingerprint density at radius 2 is 2.00 bits per heavy atom. The summed E-state index contributed by atoms with van der Waals surface area (Å²) in [4.78, 5) is 13.3. The molecule has 5 nitrogen and oxygen atoms in total. The minimum absolute atomic E-state index is 0.0212. The van der Waals surface area contributed by atoms with Crippen molar-refractivity contribution in [1.82, 2.24) is 10.2 Å². The van der Waals surface area contributed by atoms with Crippen molar-refractivity contribution in [3.63, 3.8) is 0 Å². The summed E-state index contributed by atoms with van der Waals surface area (Å²) in [6, 6.07) is 3.58. The van der Waals surface area contributed by atoms with Gasteiger partial charge in [-0.1, -0.05) is 6.07 Å². The smallest absolute Gasteiger partial charge is 0.261 e. The van der Waals surface area contributed by atoms with E-state index in [0.29, 0.717) is 24.9 Å². The molecule has 2 heterocycles. The van der Waals surface area contributed by atoms with Crippen LogP contribution in [0.4, 0.5) is 13.2 Å². The number of alkyl halides is 2. The molecular formula is C17H21F3N2O3S. The second-order valence-corrected chi connectivity index (χ2v) is 9.34. The first kappa shape index (κ1) is 19.2. The van der Waals surface area contributed by atoms with Crippen LogP contribution in [0.25, 0.3) is 0 Å². The minimum Gasteiger partial charge on any atom is -0.356 e. The fourth-order valence-electron chi connectivity index (χ4n) is 3.97. The van der Waals surface area contributed by atoms with Gasteiger partial charge < -0.3 is 5.32 Å². The molecule has 1 aromatic rings. The lowest BCUT2D eigenvalue weighted by Crippen LogP contribution is -2.59. The zero-order valence-electron chi connectivity index (χ0n) is 14.4. The fourth-order valence-corrected chi connectivity index (χ4v) is 4.76. The summed E-state index contributed by atoms with van der Waals surface area (Å²) in [6.07, 6.45) is 1.44. The molecule has 1 spiro atoms. The number of carbonyl (C=O) groups is 1. The average molecular weight is 390 g/mol. The number of carbonyl (C=O) groups excluding carboxylic acids is 1. The zero-order valence-corrected chi connectivity index (χ0v) is 15.2. The number of hydrogen-bond acceptors (Lipinski definition) is 4. The van der Waals surface area contributed by atoms with E-state index in [4.69, 9.17) is 0 Å². The van der Waals surface area contributed by atoms with Crippen LogP contribution in [0, 0.1) is 11.2 Å². The van der Waals surface area contributed by atoms with Gasteiger partial charge in [0.15, 0.2) is 9.84 Å². The molecule has 0 aromatic heterocycles. The molecule has 1 amide bonds. The average Bonchev–Trinajstić information content (AvgIpc) is 2.50. The van der Waals surface area contributed by atoms with Gasteiger partial charge in [0.2, 0.25) is 5.91 Å². The highest BCUT2D eigenvalue weighted by molar-refractivity contribution is 7.90. The first-order valence-electron chi connectivity index (χ1n) is 8.38. The van der Waals surface area contributed by atoms with Crippen molar-refractivity contribution in [3.8, 4) is 0 Å². The van der Waals surface area contributed by atoms with Gasteiger partial charge in [0.1, 0.15) is 10.7 Å². The number of rotatable bonds is 3. The number of hydrogen-bond donors (Lipinski definition) is 1. The van der Waals surface area contributed by atoms with Crippen molar-refractivity contribution < 1.29 is 26.4 Å². The molecule has 144 valence electrons. The second kappa shape index (κ2) is 6.53. The lowest BCUT2D eigenvalue weighted by molar-refractivity contribution is -0.158. The first-order valence-corrected chi connectivity index (χ1v) is 10.3. The molecular weight excluding hydrogens is 369 g/mol. The number of likely N-dealkylation sites (tertiary alicyclic amines) is 1. The number of halogens is 3. The van der Waals surface area contributed by atoms with Crippen LogP contribution in [0.5, 0.6) is 0 Å². The number of amides is 1. The topological polar surface area (TPSA) is 66.5 Å². The maximum absolute atomic E-state index is 14.3. The number of nitrogens with zero attached hydrogens (tertiary/aromatic N) is 1. The predicted octanol–water partition coefficient (Wildman–Crippen LogP) is 1.97. The van der Waals surface area contributed by atoms with E-state index in [1.807, 2.05) is 0 Å². The lowest BCUT2D eigenvalue weighted by Gasteiger charge is -2.46. The second-order valence-electron chi connectivity index (χ2n) is 7.35. The third-order valence-electron chi connectivity index (χ3n) is 4.98. The van der Waals surface area contributed by atoms with Gasteiger partial charge >= 0.3 is 0 Å². The van der Waals surface area contributed by atoms with Crippen LogP contribution in [-0.2, 0) is 21.2 Å². The Morgan fingerprint density at radius 3 is 2.65 bits per heavy atom. The number of sulfone groups is 1. The van der Waals surface area contributed by atoms with Crippen molar-refractivity contribution in [2.24, 2.45) is 5.41 Å². The Hall–Kier alpha value is -1.61. The largest absolute Gasteiger partial charge is 0.356 e. The summed E-state index contributed by atoms with van der Waals surface area (Å²) in [5, 5.41) is 2.67. The molecule has 0 radical (unpaired) electrons. The Labute approximate surface area is 150 Å². The molecule has 2 fully saturated rings. The van der Waals surface area contributed by atoms with E-state index in [2.05, 4.69) is 5.32 Å². The quantitative estimate of drug-likeness (QED) is 0.857. The summed E-state index contributed by atoms with van der Waals surface area (Å²) in [5.74, 6) is -4.25. The van der Waals surface area contributed by atoms with E-state index in [-0.39, 0.29) is 19.0 Å². The summed E-state index contributed by atoms with van der Waals surface area (Å²) < 4.78 is 65.7.